The molecule has 8 heteroatoms. The zero-order chi connectivity index (χ0) is 24.9. The van der Waals surface area contributed by atoms with Crippen molar-refractivity contribution in [2.24, 2.45) is 4.99 Å². The number of aromatic nitrogens is 1. The lowest BCUT2D eigenvalue weighted by Gasteiger charge is -2.24. The minimum atomic E-state index is -0.696. The molecule has 0 spiro atoms. The number of hydrogen-bond donors (Lipinski definition) is 0. The molecule has 0 amide bonds. The van der Waals surface area contributed by atoms with E-state index in [-0.39, 0.29) is 12.2 Å². The van der Waals surface area contributed by atoms with E-state index in [1.54, 1.807) is 36.8 Å². The number of para-hydroxylation sites is 1. The molecule has 1 aliphatic heterocycles. The monoisotopic (exact) mass is 490 g/mol. The van der Waals surface area contributed by atoms with Gasteiger partial charge < -0.3 is 14.2 Å². The molecule has 0 bridgehead atoms. The van der Waals surface area contributed by atoms with Crippen molar-refractivity contribution in [1.82, 2.24) is 4.57 Å². The van der Waals surface area contributed by atoms with Crippen molar-refractivity contribution in [1.29, 1.82) is 0 Å². The van der Waals surface area contributed by atoms with E-state index in [2.05, 4.69) is 11.6 Å². The summed E-state index contributed by atoms with van der Waals surface area (Å²) in [6.45, 7) is 7.84. The number of allylic oxidation sites excluding steroid dienone is 1. The summed E-state index contributed by atoms with van der Waals surface area (Å²) in [5, 5.41) is 0. The molecule has 0 N–H and O–H groups in total. The van der Waals surface area contributed by atoms with Crippen molar-refractivity contribution in [3.63, 3.8) is 0 Å². The van der Waals surface area contributed by atoms with Crippen LogP contribution in [0.25, 0.3) is 6.08 Å². The largest absolute Gasteiger partial charge is 0.497 e. The van der Waals surface area contributed by atoms with Crippen LogP contribution in [0.1, 0.15) is 31.0 Å². The Balaban J connectivity index is 1.92. The maximum Gasteiger partial charge on any atom is 0.338 e. The highest BCUT2D eigenvalue weighted by molar-refractivity contribution is 7.07. The van der Waals surface area contributed by atoms with E-state index >= 15 is 0 Å². The second-order valence-electron chi connectivity index (χ2n) is 7.71. The smallest absolute Gasteiger partial charge is 0.338 e. The van der Waals surface area contributed by atoms with Gasteiger partial charge in [-0.05, 0) is 43.7 Å². The Morgan fingerprint density at radius 3 is 2.63 bits per heavy atom. The number of esters is 1. The summed E-state index contributed by atoms with van der Waals surface area (Å²) in [5.41, 5.74) is 2.10. The number of thiazole rings is 1. The predicted molar refractivity (Wildman–Crippen MR) is 136 cm³/mol. The lowest BCUT2D eigenvalue weighted by Crippen LogP contribution is -2.39. The van der Waals surface area contributed by atoms with Crippen LogP contribution in [-0.2, 0) is 9.53 Å². The van der Waals surface area contributed by atoms with Gasteiger partial charge in [0.2, 0.25) is 0 Å². The second-order valence-corrected chi connectivity index (χ2v) is 8.72. The third kappa shape index (κ3) is 4.83. The molecule has 0 fully saturated rings. The summed E-state index contributed by atoms with van der Waals surface area (Å²) in [6.07, 6.45) is 3.30. The molecule has 2 heterocycles. The number of hydrogen-bond acceptors (Lipinski definition) is 7. The highest BCUT2D eigenvalue weighted by Crippen LogP contribution is 2.31. The quantitative estimate of drug-likeness (QED) is 0.357. The van der Waals surface area contributed by atoms with E-state index in [0.29, 0.717) is 38.7 Å². The first-order chi connectivity index (χ1) is 17.0. The van der Waals surface area contributed by atoms with Crippen molar-refractivity contribution >= 4 is 23.4 Å². The average molecular weight is 491 g/mol. The molecular formula is C27H26N2O5S. The fourth-order valence-electron chi connectivity index (χ4n) is 3.92. The Kier molecular flexibility index (Phi) is 7.31. The molecule has 1 aromatic heterocycles. The molecule has 180 valence electrons. The van der Waals surface area contributed by atoms with Crippen LogP contribution in [0.3, 0.4) is 0 Å². The van der Waals surface area contributed by atoms with Gasteiger partial charge in [0.05, 0.1) is 35.6 Å². The summed E-state index contributed by atoms with van der Waals surface area (Å²) in [7, 11) is 1.58. The van der Waals surface area contributed by atoms with Crippen molar-refractivity contribution in [3.05, 3.63) is 103 Å². The van der Waals surface area contributed by atoms with Crippen LogP contribution >= 0.6 is 11.3 Å². The van der Waals surface area contributed by atoms with Gasteiger partial charge in [0, 0.05) is 5.56 Å². The van der Waals surface area contributed by atoms with Crippen molar-refractivity contribution < 1.29 is 19.0 Å². The lowest BCUT2D eigenvalue weighted by molar-refractivity contribution is -0.138. The van der Waals surface area contributed by atoms with E-state index < -0.39 is 12.0 Å². The third-order valence-electron chi connectivity index (χ3n) is 5.51. The molecule has 7 nitrogen and oxygen atoms in total. The van der Waals surface area contributed by atoms with E-state index in [1.165, 1.54) is 17.4 Å². The van der Waals surface area contributed by atoms with Gasteiger partial charge in [-0.15, -0.1) is 0 Å². The maximum absolute atomic E-state index is 13.7. The Labute approximate surface area is 206 Å². The molecule has 0 aliphatic carbocycles. The molecule has 35 heavy (non-hydrogen) atoms. The molecule has 0 radical (unpaired) electrons. The van der Waals surface area contributed by atoms with Crippen molar-refractivity contribution in [2.45, 2.75) is 19.9 Å². The Bertz CT molecular complexity index is 1460. The topological polar surface area (TPSA) is 79.1 Å². The van der Waals surface area contributed by atoms with Crippen LogP contribution in [0, 0.1) is 0 Å². The number of rotatable bonds is 8. The second kappa shape index (κ2) is 10.6. The number of fused-ring (bicyclic) bond motifs is 1. The van der Waals surface area contributed by atoms with Gasteiger partial charge in [0.15, 0.2) is 4.80 Å². The van der Waals surface area contributed by atoms with Crippen LogP contribution in [0.5, 0.6) is 11.5 Å². The van der Waals surface area contributed by atoms with Crippen LogP contribution in [0.4, 0.5) is 0 Å². The molecule has 0 saturated heterocycles. The number of carbonyl (C=O) groups excluding carboxylic acids is 1. The van der Waals surface area contributed by atoms with E-state index in [4.69, 9.17) is 14.2 Å². The zero-order valence-corrected chi connectivity index (χ0v) is 20.6. The summed E-state index contributed by atoms with van der Waals surface area (Å²) >= 11 is 1.27. The third-order valence-corrected chi connectivity index (χ3v) is 6.49. The van der Waals surface area contributed by atoms with E-state index in [9.17, 15) is 9.59 Å². The van der Waals surface area contributed by atoms with Gasteiger partial charge in [0.25, 0.3) is 5.56 Å². The molecular weight excluding hydrogens is 464 g/mol. The standard InChI is InChI=1S/C27H26N2O5S/c1-5-15-34-26(31)23-17(3)28-27-29(24(23)18-11-13-20(32-4)14-12-18)25(30)22(35-27)16-19-9-7-8-10-21(19)33-6-2/h5,7-14,16,24H,1,6,15H2,2-4H3/b22-16+. The fourth-order valence-corrected chi connectivity index (χ4v) is 4.96. The van der Waals surface area contributed by atoms with Crippen LogP contribution in [0.15, 0.2) is 82.2 Å². The number of carbonyl (C=O) groups is 1. The Morgan fingerprint density at radius 1 is 1.20 bits per heavy atom. The van der Waals surface area contributed by atoms with Gasteiger partial charge in [-0.3, -0.25) is 9.36 Å². The molecule has 1 unspecified atom stereocenters. The van der Waals surface area contributed by atoms with Crippen LogP contribution in [-0.4, -0.2) is 30.9 Å². The molecule has 3 aromatic rings. The summed E-state index contributed by atoms with van der Waals surface area (Å²) in [4.78, 5) is 31.9. The number of nitrogens with zero attached hydrogens (tertiary/aromatic N) is 2. The van der Waals surface area contributed by atoms with Crippen molar-refractivity contribution in [3.8, 4) is 11.5 Å². The normalized spacial score (nSPS) is 15.3. The molecule has 1 aliphatic rings. The number of methoxy groups -OCH3 is 1. The summed E-state index contributed by atoms with van der Waals surface area (Å²) in [6, 6.07) is 14.1. The number of ether oxygens (including phenoxy) is 3. The van der Waals surface area contributed by atoms with Gasteiger partial charge >= 0.3 is 5.97 Å². The first-order valence-electron chi connectivity index (χ1n) is 11.1. The first-order valence-corrected chi connectivity index (χ1v) is 12.0. The van der Waals surface area contributed by atoms with Crippen LogP contribution in [0.2, 0.25) is 0 Å². The summed E-state index contributed by atoms with van der Waals surface area (Å²) in [5.74, 6) is 0.825. The number of benzene rings is 2. The maximum atomic E-state index is 13.7. The van der Waals surface area contributed by atoms with Gasteiger partial charge in [-0.25, -0.2) is 9.79 Å². The zero-order valence-electron chi connectivity index (χ0n) is 19.8. The molecule has 0 saturated carbocycles. The first kappa shape index (κ1) is 24.2. The Morgan fingerprint density at radius 2 is 1.94 bits per heavy atom. The fraction of sp³-hybridized carbons (Fsp3) is 0.222. The summed E-state index contributed by atoms with van der Waals surface area (Å²) < 4.78 is 18.4. The van der Waals surface area contributed by atoms with Crippen molar-refractivity contribution in [2.75, 3.05) is 20.3 Å². The molecule has 4 rings (SSSR count). The van der Waals surface area contributed by atoms with Gasteiger partial charge in [0.1, 0.15) is 18.1 Å². The van der Waals surface area contributed by atoms with E-state index in [0.717, 1.165) is 11.1 Å². The minimum absolute atomic E-state index is 0.0591. The average Bonchev–Trinajstić information content (AvgIpc) is 3.17. The highest BCUT2D eigenvalue weighted by atomic mass is 32.1. The molecule has 2 aromatic carbocycles. The van der Waals surface area contributed by atoms with Crippen LogP contribution < -0.4 is 24.4 Å². The Hall–Kier alpha value is -3.91. The lowest BCUT2D eigenvalue weighted by atomic mass is 9.96. The van der Waals surface area contributed by atoms with Gasteiger partial charge in [-0.1, -0.05) is 54.3 Å². The SMILES string of the molecule is C=CCOC(=O)C1=C(C)N=c2s/c(=C/c3ccccc3OCC)c(=O)n2C1c1ccc(OC)cc1. The highest BCUT2D eigenvalue weighted by Gasteiger charge is 2.33. The predicted octanol–water partition coefficient (Wildman–Crippen LogP) is 3.37. The van der Waals surface area contributed by atoms with E-state index in [1.807, 2.05) is 43.3 Å². The van der Waals surface area contributed by atoms with Gasteiger partial charge in [-0.2, -0.15) is 0 Å². The molecule has 1 atom stereocenters. The minimum Gasteiger partial charge on any atom is -0.497 e.